The minimum absolute atomic E-state index is 0.282. The first-order valence-corrected chi connectivity index (χ1v) is 7.48. The van der Waals surface area contributed by atoms with E-state index >= 15 is 0 Å². The van der Waals surface area contributed by atoms with E-state index in [4.69, 9.17) is 11.5 Å². The molecule has 0 radical (unpaired) electrons. The predicted octanol–water partition coefficient (Wildman–Crippen LogP) is 3.14. The number of benzene rings is 2. The van der Waals surface area contributed by atoms with Gasteiger partial charge in [-0.3, -0.25) is 4.79 Å². The molecule has 0 bridgehead atoms. The van der Waals surface area contributed by atoms with E-state index in [1.165, 1.54) is 0 Å². The summed E-state index contributed by atoms with van der Waals surface area (Å²) in [7, 11) is 0. The molecule has 3 nitrogen and oxygen atoms in total. The van der Waals surface area contributed by atoms with Crippen LogP contribution in [0.25, 0.3) is 11.1 Å². The third-order valence-corrected chi connectivity index (χ3v) is 4.56. The topological polar surface area (TPSA) is 69.1 Å². The lowest BCUT2D eigenvalue weighted by Crippen LogP contribution is -2.28. The zero-order valence-electron chi connectivity index (χ0n) is 12.5. The van der Waals surface area contributed by atoms with E-state index in [-0.39, 0.29) is 5.91 Å². The molecule has 1 aliphatic carbocycles. The lowest BCUT2D eigenvalue weighted by molar-refractivity contribution is -0.120. The first kappa shape index (κ1) is 15.6. The fourth-order valence-electron chi connectivity index (χ4n) is 2.83. The number of carbonyl (C=O) groups excluding carboxylic acids is 1. The van der Waals surface area contributed by atoms with Crippen molar-refractivity contribution in [3.63, 3.8) is 0 Å². The number of hydrogen-bond donors (Lipinski definition) is 2. The summed E-state index contributed by atoms with van der Waals surface area (Å²) in [5, 5.41) is 0. The predicted molar refractivity (Wildman–Crippen MR) is 84.9 cm³/mol. The van der Waals surface area contributed by atoms with Crippen LogP contribution in [-0.4, -0.2) is 12.3 Å². The average Bonchev–Trinajstić information content (AvgIpc) is 3.36. The Hall–Kier alpha value is -2.27. The number of hydrogen-bond acceptors (Lipinski definition) is 2. The highest BCUT2D eigenvalue weighted by Crippen LogP contribution is 2.48. The maximum atomic E-state index is 12.6. The fraction of sp³-hybridized carbons (Fsp3) is 0.278. The highest BCUT2D eigenvalue weighted by Gasteiger charge is 2.49. The highest BCUT2D eigenvalue weighted by atomic mass is 19.3. The van der Waals surface area contributed by atoms with Crippen molar-refractivity contribution in [3.8, 4) is 11.1 Å². The molecule has 2 aromatic rings. The van der Waals surface area contributed by atoms with E-state index in [2.05, 4.69) is 0 Å². The van der Waals surface area contributed by atoms with Crippen molar-refractivity contribution in [1.29, 1.82) is 0 Å². The largest absolute Gasteiger partial charge is 0.369 e. The molecule has 1 fully saturated rings. The van der Waals surface area contributed by atoms with E-state index in [1.807, 2.05) is 24.3 Å². The number of carbonyl (C=O) groups is 1. The first-order chi connectivity index (χ1) is 10.9. The molecule has 5 heteroatoms. The van der Waals surface area contributed by atoms with Crippen molar-refractivity contribution in [2.24, 2.45) is 11.5 Å². The van der Waals surface area contributed by atoms with Gasteiger partial charge in [0.15, 0.2) is 0 Å². The van der Waals surface area contributed by atoms with Crippen LogP contribution in [0.3, 0.4) is 0 Å². The molecule has 3 rings (SSSR count). The molecule has 1 unspecified atom stereocenters. The van der Waals surface area contributed by atoms with Crippen LogP contribution in [0.1, 0.15) is 30.0 Å². The molecule has 0 spiro atoms. The molecule has 23 heavy (non-hydrogen) atoms. The lowest BCUT2D eigenvalue weighted by atomic mass is 9.93. The maximum absolute atomic E-state index is 12.6. The van der Waals surface area contributed by atoms with Gasteiger partial charge in [-0.25, -0.2) is 8.78 Å². The van der Waals surface area contributed by atoms with E-state index in [9.17, 15) is 13.6 Å². The van der Waals surface area contributed by atoms with Crippen LogP contribution in [0.2, 0.25) is 0 Å². The van der Waals surface area contributed by atoms with Gasteiger partial charge in [0.25, 0.3) is 6.43 Å². The van der Waals surface area contributed by atoms with E-state index < -0.39 is 17.9 Å². The first-order valence-electron chi connectivity index (χ1n) is 7.48. The van der Waals surface area contributed by atoms with Crippen LogP contribution in [0.4, 0.5) is 8.78 Å². The van der Waals surface area contributed by atoms with E-state index in [0.717, 1.165) is 29.5 Å². The van der Waals surface area contributed by atoms with Gasteiger partial charge in [-0.1, -0.05) is 48.5 Å². The van der Waals surface area contributed by atoms with Gasteiger partial charge < -0.3 is 11.5 Å². The molecule has 0 heterocycles. The number of alkyl halides is 2. The molecule has 0 aromatic heterocycles. The van der Waals surface area contributed by atoms with Crippen LogP contribution in [0, 0.1) is 0 Å². The SMILES string of the molecule is NC(=O)C1(c2ccc(-c3ccc(C(N)C(F)F)cc3)cc2)CC1. The second-order valence-corrected chi connectivity index (χ2v) is 6.01. The summed E-state index contributed by atoms with van der Waals surface area (Å²) >= 11 is 0. The molecule has 1 aliphatic rings. The number of primary amides is 1. The van der Waals surface area contributed by atoms with E-state index in [1.54, 1.807) is 24.3 Å². The molecule has 1 atom stereocenters. The van der Waals surface area contributed by atoms with Crippen LogP contribution in [0.5, 0.6) is 0 Å². The Balaban J connectivity index is 1.81. The normalized spacial score (nSPS) is 17.0. The second-order valence-electron chi connectivity index (χ2n) is 6.01. The van der Waals surface area contributed by atoms with Gasteiger partial charge in [0.05, 0.1) is 11.5 Å². The van der Waals surface area contributed by atoms with Crippen LogP contribution < -0.4 is 11.5 Å². The number of nitrogens with two attached hydrogens (primary N) is 2. The minimum Gasteiger partial charge on any atom is -0.369 e. The molecule has 120 valence electrons. The number of halogens is 2. The minimum atomic E-state index is -2.58. The van der Waals surface area contributed by atoms with Crippen LogP contribution in [-0.2, 0) is 10.2 Å². The van der Waals surface area contributed by atoms with Crippen molar-refractivity contribution in [2.75, 3.05) is 0 Å². The Morgan fingerprint density at radius 3 is 1.83 bits per heavy atom. The molecule has 0 aliphatic heterocycles. The zero-order valence-corrected chi connectivity index (χ0v) is 12.5. The molecule has 4 N–H and O–H groups in total. The van der Waals surface area contributed by atoms with Crippen molar-refractivity contribution in [2.45, 2.75) is 30.7 Å². The van der Waals surface area contributed by atoms with Gasteiger partial charge in [0.1, 0.15) is 0 Å². The van der Waals surface area contributed by atoms with Gasteiger partial charge in [-0.2, -0.15) is 0 Å². The van der Waals surface area contributed by atoms with Gasteiger partial charge in [0.2, 0.25) is 5.91 Å². The van der Waals surface area contributed by atoms with Gasteiger partial charge in [-0.05, 0) is 35.1 Å². The van der Waals surface area contributed by atoms with Crippen molar-refractivity contribution >= 4 is 5.91 Å². The van der Waals surface area contributed by atoms with Gasteiger partial charge in [-0.15, -0.1) is 0 Å². The second kappa shape index (κ2) is 5.74. The quantitative estimate of drug-likeness (QED) is 0.890. The smallest absolute Gasteiger partial charge is 0.257 e. The molecule has 1 saturated carbocycles. The number of amides is 1. The Kier molecular flexibility index (Phi) is 3.90. The summed E-state index contributed by atoms with van der Waals surface area (Å²) in [6, 6.07) is 13.2. The zero-order chi connectivity index (χ0) is 16.6. The summed E-state index contributed by atoms with van der Waals surface area (Å²) in [6.45, 7) is 0. The summed E-state index contributed by atoms with van der Waals surface area (Å²) < 4.78 is 25.2. The van der Waals surface area contributed by atoms with Crippen LogP contribution >= 0.6 is 0 Å². The summed E-state index contributed by atoms with van der Waals surface area (Å²) in [6.07, 6.45) is -0.993. The van der Waals surface area contributed by atoms with Crippen LogP contribution in [0.15, 0.2) is 48.5 Å². The summed E-state index contributed by atoms with van der Waals surface area (Å²) in [4.78, 5) is 11.5. The monoisotopic (exact) mass is 316 g/mol. The summed E-state index contributed by atoms with van der Waals surface area (Å²) in [5.74, 6) is -0.282. The van der Waals surface area contributed by atoms with Crippen molar-refractivity contribution < 1.29 is 13.6 Å². The third kappa shape index (κ3) is 2.84. The fourth-order valence-corrected chi connectivity index (χ4v) is 2.83. The van der Waals surface area contributed by atoms with Gasteiger partial charge >= 0.3 is 0 Å². The molecule has 2 aromatic carbocycles. The van der Waals surface area contributed by atoms with Crippen molar-refractivity contribution in [3.05, 3.63) is 59.7 Å². The number of rotatable bonds is 5. The standard InChI is InChI=1S/C18H18F2N2O/c19-16(20)15(21)13-3-1-11(2-4-13)12-5-7-14(8-6-12)18(9-10-18)17(22)23/h1-8,15-16H,9-10,21H2,(H2,22,23). The Morgan fingerprint density at radius 1 is 0.957 bits per heavy atom. The maximum Gasteiger partial charge on any atom is 0.257 e. The lowest BCUT2D eigenvalue weighted by Gasteiger charge is -2.13. The Bertz CT molecular complexity index is 707. The molecular formula is C18H18F2N2O. The Morgan fingerprint density at radius 2 is 1.43 bits per heavy atom. The average molecular weight is 316 g/mol. The summed E-state index contributed by atoms with van der Waals surface area (Å²) in [5.41, 5.74) is 13.6. The Labute approximate surface area is 133 Å². The molecule has 0 saturated heterocycles. The molecular weight excluding hydrogens is 298 g/mol. The third-order valence-electron chi connectivity index (χ3n) is 4.56. The molecule has 1 amide bonds. The van der Waals surface area contributed by atoms with Gasteiger partial charge in [0, 0.05) is 0 Å². The van der Waals surface area contributed by atoms with Crippen molar-refractivity contribution in [1.82, 2.24) is 0 Å². The van der Waals surface area contributed by atoms with E-state index in [0.29, 0.717) is 5.56 Å². The highest BCUT2D eigenvalue weighted by molar-refractivity contribution is 5.90.